The first-order valence-corrected chi connectivity index (χ1v) is 18.6. The topological polar surface area (TPSA) is 38.9 Å². The van der Waals surface area contributed by atoms with Gasteiger partial charge in [0.05, 0.1) is 15.9 Å². The van der Waals surface area contributed by atoms with E-state index in [4.69, 9.17) is 14.4 Å². The van der Waals surface area contributed by atoms with Crippen LogP contribution in [0.3, 0.4) is 0 Å². The van der Waals surface area contributed by atoms with Crippen molar-refractivity contribution in [2.75, 3.05) is 0 Å². The number of furan rings is 1. The second-order valence-electron chi connectivity index (χ2n) is 13.6. The summed E-state index contributed by atoms with van der Waals surface area (Å²) in [6.07, 6.45) is 6.71. The molecule has 0 bridgehead atoms. The molecule has 10 aromatic rings. The van der Waals surface area contributed by atoms with E-state index in [0.717, 1.165) is 72.8 Å². The predicted molar refractivity (Wildman–Crippen MR) is 219 cm³/mol. The molecule has 0 radical (unpaired) electrons. The number of nitrogens with zero attached hydrogens (tertiary/aromatic N) is 2. The Morgan fingerprint density at radius 2 is 1.29 bits per heavy atom. The van der Waals surface area contributed by atoms with Crippen molar-refractivity contribution >= 4 is 70.4 Å². The summed E-state index contributed by atoms with van der Waals surface area (Å²) in [5.41, 5.74) is 13.3. The highest BCUT2D eigenvalue weighted by Crippen LogP contribution is 2.43. The summed E-state index contributed by atoms with van der Waals surface area (Å²) in [6, 6.07) is 51.9. The van der Waals surface area contributed by atoms with Gasteiger partial charge in [-0.2, -0.15) is 0 Å². The monoisotopic (exact) mass is 682 g/mol. The molecule has 1 aliphatic rings. The molecule has 11 rings (SSSR count). The largest absolute Gasteiger partial charge is 0.456 e. The fourth-order valence-electron chi connectivity index (χ4n) is 8.11. The minimum atomic E-state index is 0.693. The molecule has 0 amide bonds. The fourth-order valence-corrected chi connectivity index (χ4v) is 9.26. The zero-order valence-corrected chi connectivity index (χ0v) is 29.0. The zero-order chi connectivity index (χ0) is 34.2. The van der Waals surface area contributed by atoms with Crippen LogP contribution in [0.5, 0.6) is 0 Å². The van der Waals surface area contributed by atoms with Crippen LogP contribution in [0.2, 0.25) is 0 Å². The molecule has 3 aromatic heterocycles. The third kappa shape index (κ3) is 4.58. The van der Waals surface area contributed by atoms with Crippen LogP contribution in [-0.4, -0.2) is 9.97 Å². The smallest absolute Gasteiger partial charge is 0.160 e. The number of benzene rings is 7. The lowest BCUT2D eigenvalue weighted by Gasteiger charge is -2.16. The van der Waals surface area contributed by atoms with Gasteiger partial charge in [0.1, 0.15) is 11.2 Å². The maximum absolute atomic E-state index is 6.74. The fraction of sp³-hybridized carbons (Fsp3) is 0.0417. The quantitative estimate of drug-likeness (QED) is 0.185. The Labute approximate surface area is 304 Å². The summed E-state index contributed by atoms with van der Waals surface area (Å²) < 4.78 is 9.05. The van der Waals surface area contributed by atoms with Crippen molar-refractivity contribution in [2.24, 2.45) is 0 Å². The molecule has 3 heterocycles. The SMILES string of the molecule is C1=Cc2cccc(-c3ccc(-c4cc5oc6cc(-c7nc(-c8ccccc8)c8sc9ccccc9c8n7)ccc6c5c5ccccc45)cc3)c2CC1. The number of hydrogen-bond acceptors (Lipinski definition) is 4. The summed E-state index contributed by atoms with van der Waals surface area (Å²) in [5.74, 6) is 0.693. The van der Waals surface area contributed by atoms with E-state index in [9.17, 15) is 0 Å². The minimum absolute atomic E-state index is 0.693. The molecule has 4 heteroatoms. The van der Waals surface area contributed by atoms with Crippen LogP contribution in [0.25, 0.3) is 104 Å². The van der Waals surface area contributed by atoms with Crippen molar-refractivity contribution in [2.45, 2.75) is 12.8 Å². The Balaban J connectivity index is 1.06. The predicted octanol–water partition coefficient (Wildman–Crippen LogP) is 13.5. The summed E-state index contributed by atoms with van der Waals surface area (Å²) in [5, 5.41) is 5.77. The first kappa shape index (κ1) is 29.4. The van der Waals surface area contributed by atoms with Crippen LogP contribution in [0.15, 0.2) is 156 Å². The Morgan fingerprint density at radius 3 is 2.15 bits per heavy atom. The molecular formula is C48H30N2OS. The molecule has 3 nitrogen and oxygen atoms in total. The molecule has 0 saturated carbocycles. The standard InChI is InChI=1S/C48H30N2OS/c1-2-12-32(13-3-1)45-47-46(39-18-8-9-20-43(39)52-47)50-48(49-45)33-25-26-38-41(27-33)51-42-28-40(36-16-6-7-17-37(36)44(38)42)31-23-21-30(22-24-31)35-19-10-14-29-11-4-5-15-34(29)35/h1-4,6-14,16-28H,5,15H2. The normalized spacial score (nSPS) is 12.8. The summed E-state index contributed by atoms with van der Waals surface area (Å²) in [6.45, 7) is 0. The molecular weight excluding hydrogens is 653 g/mol. The Hall–Kier alpha value is -6.36. The van der Waals surface area contributed by atoms with Crippen molar-refractivity contribution in [1.82, 2.24) is 9.97 Å². The molecule has 0 atom stereocenters. The van der Waals surface area contributed by atoms with Gasteiger partial charge in [-0.25, -0.2) is 9.97 Å². The highest BCUT2D eigenvalue weighted by atomic mass is 32.1. The molecule has 0 unspecified atom stereocenters. The molecule has 1 aliphatic carbocycles. The lowest BCUT2D eigenvalue weighted by atomic mass is 9.88. The van der Waals surface area contributed by atoms with Crippen molar-refractivity contribution in [3.63, 3.8) is 0 Å². The molecule has 0 spiro atoms. The van der Waals surface area contributed by atoms with Crippen molar-refractivity contribution in [1.29, 1.82) is 0 Å². The van der Waals surface area contributed by atoms with Crippen LogP contribution < -0.4 is 0 Å². The van der Waals surface area contributed by atoms with E-state index in [1.807, 2.05) is 6.07 Å². The van der Waals surface area contributed by atoms with Gasteiger partial charge < -0.3 is 4.42 Å². The van der Waals surface area contributed by atoms with Gasteiger partial charge in [-0.1, -0.05) is 133 Å². The molecule has 0 aliphatic heterocycles. The van der Waals surface area contributed by atoms with Crippen LogP contribution in [0.1, 0.15) is 17.5 Å². The van der Waals surface area contributed by atoms with Gasteiger partial charge >= 0.3 is 0 Å². The number of allylic oxidation sites excluding steroid dienone is 1. The van der Waals surface area contributed by atoms with Crippen LogP contribution in [-0.2, 0) is 6.42 Å². The highest BCUT2D eigenvalue weighted by Gasteiger charge is 2.19. The van der Waals surface area contributed by atoms with Gasteiger partial charge in [-0.15, -0.1) is 11.3 Å². The van der Waals surface area contributed by atoms with Gasteiger partial charge in [-0.3, -0.25) is 0 Å². The number of hydrogen-bond donors (Lipinski definition) is 0. The van der Waals surface area contributed by atoms with Gasteiger partial charge in [0.15, 0.2) is 5.82 Å². The maximum atomic E-state index is 6.74. The summed E-state index contributed by atoms with van der Waals surface area (Å²) >= 11 is 1.75. The molecule has 0 fully saturated rings. The van der Waals surface area contributed by atoms with Crippen molar-refractivity contribution < 1.29 is 4.42 Å². The van der Waals surface area contributed by atoms with E-state index in [0.29, 0.717) is 5.82 Å². The van der Waals surface area contributed by atoms with Gasteiger partial charge in [0, 0.05) is 32.0 Å². The van der Waals surface area contributed by atoms with Crippen molar-refractivity contribution in [3.8, 4) is 44.9 Å². The second kappa shape index (κ2) is 11.6. The molecule has 7 aromatic carbocycles. The van der Waals surface area contributed by atoms with Crippen molar-refractivity contribution in [3.05, 3.63) is 163 Å². The first-order chi connectivity index (χ1) is 25.8. The molecule has 52 heavy (non-hydrogen) atoms. The summed E-state index contributed by atoms with van der Waals surface area (Å²) in [7, 11) is 0. The van der Waals surface area contributed by atoms with Crippen LogP contribution >= 0.6 is 11.3 Å². The average Bonchev–Trinajstić information content (AvgIpc) is 3.78. The van der Waals surface area contributed by atoms with Crippen LogP contribution in [0.4, 0.5) is 0 Å². The van der Waals surface area contributed by atoms with Gasteiger partial charge in [0.25, 0.3) is 0 Å². The second-order valence-corrected chi connectivity index (χ2v) is 14.6. The first-order valence-electron chi connectivity index (χ1n) is 17.8. The van der Waals surface area contributed by atoms with E-state index in [2.05, 4.69) is 152 Å². The number of thiophene rings is 1. The average molecular weight is 683 g/mol. The van der Waals surface area contributed by atoms with Gasteiger partial charge in [-0.05, 0) is 81.3 Å². The number of aromatic nitrogens is 2. The molecule has 244 valence electrons. The minimum Gasteiger partial charge on any atom is -0.456 e. The molecule has 0 N–H and O–H groups in total. The Morgan fingerprint density at radius 1 is 0.538 bits per heavy atom. The Bertz CT molecular complexity index is 3060. The summed E-state index contributed by atoms with van der Waals surface area (Å²) in [4.78, 5) is 10.4. The number of fused-ring (bicyclic) bond motifs is 9. The van der Waals surface area contributed by atoms with Crippen LogP contribution in [0, 0.1) is 0 Å². The van der Waals surface area contributed by atoms with Gasteiger partial charge in [0.2, 0.25) is 0 Å². The third-order valence-corrected chi connectivity index (χ3v) is 11.7. The highest BCUT2D eigenvalue weighted by molar-refractivity contribution is 7.26. The molecule has 0 saturated heterocycles. The lowest BCUT2D eigenvalue weighted by Crippen LogP contribution is -1.97. The lowest BCUT2D eigenvalue weighted by molar-refractivity contribution is 0.669. The third-order valence-electron chi connectivity index (χ3n) is 10.6. The van der Waals surface area contributed by atoms with E-state index in [-0.39, 0.29) is 0 Å². The van der Waals surface area contributed by atoms with E-state index < -0.39 is 0 Å². The Kier molecular flexibility index (Phi) is 6.55. The van der Waals surface area contributed by atoms with E-state index in [1.165, 1.54) is 43.3 Å². The van der Waals surface area contributed by atoms with E-state index in [1.54, 1.807) is 11.3 Å². The maximum Gasteiger partial charge on any atom is 0.160 e. The zero-order valence-electron chi connectivity index (χ0n) is 28.1. The number of rotatable bonds is 4. The van der Waals surface area contributed by atoms with E-state index >= 15 is 0 Å².